The molecule has 0 aromatic heterocycles. The van der Waals surface area contributed by atoms with E-state index in [4.69, 9.17) is 20.9 Å². The molecule has 180 valence electrons. The van der Waals surface area contributed by atoms with E-state index in [1.54, 1.807) is 49.5 Å². The van der Waals surface area contributed by atoms with Gasteiger partial charge in [-0.05, 0) is 48.4 Å². The molecular formula is C25H26N6O4. The molecule has 0 aliphatic carbocycles. The molecule has 2 rings (SSSR count). The Bertz CT molecular complexity index is 1230. The van der Waals surface area contributed by atoms with Crippen molar-refractivity contribution in [2.45, 2.75) is 0 Å². The van der Waals surface area contributed by atoms with Crippen molar-refractivity contribution in [1.29, 1.82) is 0 Å². The van der Waals surface area contributed by atoms with Crippen molar-refractivity contribution in [3.8, 4) is 23.3 Å². The van der Waals surface area contributed by atoms with Gasteiger partial charge in [-0.1, -0.05) is 12.5 Å². The van der Waals surface area contributed by atoms with E-state index >= 15 is 0 Å². The van der Waals surface area contributed by atoms with Crippen molar-refractivity contribution < 1.29 is 19.1 Å². The Balaban J connectivity index is 2.65. The Morgan fingerprint density at radius 3 is 2.23 bits per heavy atom. The minimum atomic E-state index is -0.346. The van der Waals surface area contributed by atoms with Crippen LogP contribution in [0.5, 0.6) is 11.5 Å². The van der Waals surface area contributed by atoms with Gasteiger partial charge in [-0.25, -0.2) is 4.99 Å². The minimum Gasteiger partial charge on any atom is -0.497 e. The third-order valence-electron chi connectivity index (χ3n) is 4.38. The quantitative estimate of drug-likeness (QED) is 0.108. The summed E-state index contributed by atoms with van der Waals surface area (Å²) in [7, 11) is 4.60. The second-order valence-electron chi connectivity index (χ2n) is 6.72. The van der Waals surface area contributed by atoms with E-state index in [9.17, 15) is 9.59 Å². The first-order valence-corrected chi connectivity index (χ1v) is 10.2. The number of nitrogens with zero attached hydrogens (tertiary/aromatic N) is 2. The molecule has 6 N–H and O–H groups in total. The number of carbonyl (C=O) groups is 2. The number of aliphatic imine (C=N–C) groups is 1. The number of hydrazone groups is 1. The van der Waals surface area contributed by atoms with Crippen LogP contribution in [0.25, 0.3) is 0 Å². The Hall–Kier alpha value is -5.04. The number of amides is 1. The predicted octanol–water partition coefficient (Wildman–Crippen LogP) is 1.86. The molecule has 35 heavy (non-hydrogen) atoms. The van der Waals surface area contributed by atoms with Gasteiger partial charge in [0.15, 0.2) is 12.1 Å². The average molecular weight is 475 g/mol. The number of methoxy groups -OCH3 is 2. The van der Waals surface area contributed by atoms with Crippen LogP contribution in [0.4, 0.5) is 11.4 Å². The van der Waals surface area contributed by atoms with E-state index < -0.39 is 0 Å². The normalized spacial score (nSPS) is 11.9. The van der Waals surface area contributed by atoms with Gasteiger partial charge in [0.05, 0.1) is 31.2 Å². The first-order valence-electron chi connectivity index (χ1n) is 10.2. The van der Waals surface area contributed by atoms with Crippen LogP contribution in [0.1, 0.15) is 5.56 Å². The van der Waals surface area contributed by atoms with Crippen LogP contribution in [-0.2, 0) is 9.59 Å². The van der Waals surface area contributed by atoms with Gasteiger partial charge >= 0.3 is 0 Å². The topological polar surface area (TPSA) is 153 Å². The number of aldehydes is 1. The van der Waals surface area contributed by atoms with Crippen molar-refractivity contribution in [2.75, 3.05) is 26.6 Å². The average Bonchev–Trinajstić information content (AvgIpc) is 2.87. The lowest BCUT2D eigenvalue weighted by molar-refractivity contribution is -0.112. The van der Waals surface area contributed by atoms with E-state index in [-0.39, 0.29) is 28.7 Å². The predicted molar refractivity (Wildman–Crippen MR) is 137 cm³/mol. The van der Waals surface area contributed by atoms with Crippen LogP contribution >= 0.6 is 0 Å². The SMILES string of the molecule is C=CC(=O)Nc1ccc(N=C(C#Cc2cc(OC)cc(OC)c2)C(=C(N)C=O)/C(N)=N\NC)cc1. The number of nitrogens with two attached hydrogens (primary N) is 2. The van der Waals surface area contributed by atoms with E-state index in [1.165, 1.54) is 14.2 Å². The molecule has 0 saturated carbocycles. The molecule has 2 aromatic carbocycles. The van der Waals surface area contributed by atoms with Crippen LogP contribution in [0.15, 0.2) is 76.5 Å². The minimum absolute atomic E-state index is 0.0562. The summed E-state index contributed by atoms with van der Waals surface area (Å²) in [5, 5.41) is 6.57. The highest BCUT2D eigenvalue weighted by Gasteiger charge is 2.15. The number of ether oxygens (including phenoxy) is 2. The molecule has 0 atom stereocenters. The Morgan fingerprint density at radius 2 is 1.71 bits per heavy atom. The lowest BCUT2D eigenvalue weighted by Gasteiger charge is -2.09. The maximum Gasteiger partial charge on any atom is 0.247 e. The highest BCUT2D eigenvalue weighted by molar-refractivity contribution is 6.31. The van der Waals surface area contributed by atoms with Crippen molar-refractivity contribution in [3.63, 3.8) is 0 Å². The second kappa shape index (κ2) is 12.9. The molecule has 0 spiro atoms. The second-order valence-corrected chi connectivity index (χ2v) is 6.72. The van der Waals surface area contributed by atoms with Gasteiger partial charge in [0.25, 0.3) is 0 Å². The molecule has 0 aliphatic heterocycles. The summed E-state index contributed by atoms with van der Waals surface area (Å²) in [6.45, 7) is 3.42. The van der Waals surface area contributed by atoms with Crippen LogP contribution in [0.3, 0.4) is 0 Å². The van der Waals surface area contributed by atoms with Gasteiger partial charge in [-0.2, -0.15) is 5.10 Å². The zero-order valence-electron chi connectivity index (χ0n) is 19.6. The van der Waals surface area contributed by atoms with Crippen molar-refractivity contribution in [2.24, 2.45) is 21.6 Å². The number of rotatable bonds is 9. The van der Waals surface area contributed by atoms with Crippen LogP contribution in [-0.4, -0.2) is 45.0 Å². The molecule has 0 fully saturated rings. The Labute approximate surface area is 203 Å². The van der Waals surface area contributed by atoms with Gasteiger partial charge < -0.3 is 31.7 Å². The molecule has 0 bridgehead atoms. The monoisotopic (exact) mass is 474 g/mol. The molecule has 0 unspecified atom stereocenters. The standard InChI is InChI=1S/C25H26N6O4/c1-5-23(33)30-18-9-7-17(8-10-18)29-22(24(21(26)15-32)25(27)31-28-2)11-6-16-12-19(34-3)14-20(13-16)35-4/h5,7-10,12-15,28H,1,26H2,2-4H3,(H2,27,31)(H,30,33). The number of allylic oxidation sites excluding steroid dienone is 1. The number of amidine groups is 1. The molecule has 1 amide bonds. The van der Waals surface area contributed by atoms with Crippen LogP contribution < -0.4 is 31.7 Å². The molecule has 2 aromatic rings. The fourth-order valence-electron chi connectivity index (χ4n) is 2.74. The number of carbonyl (C=O) groups excluding carboxylic acids is 2. The van der Waals surface area contributed by atoms with E-state index in [0.717, 1.165) is 6.08 Å². The van der Waals surface area contributed by atoms with Crippen molar-refractivity contribution in [1.82, 2.24) is 5.43 Å². The van der Waals surface area contributed by atoms with Gasteiger partial charge in [-0.15, -0.1) is 0 Å². The highest BCUT2D eigenvalue weighted by atomic mass is 16.5. The molecule has 0 aliphatic rings. The first kappa shape index (κ1) is 26.2. The summed E-state index contributed by atoms with van der Waals surface area (Å²) in [5.74, 6) is 6.55. The number of nitrogens with one attached hydrogen (secondary N) is 2. The molecule has 0 radical (unpaired) electrons. The summed E-state index contributed by atoms with van der Waals surface area (Å²) in [6, 6.07) is 11.7. The smallest absolute Gasteiger partial charge is 0.247 e. The maximum atomic E-state index is 11.5. The van der Waals surface area contributed by atoms with E-state index in [0.29, 0.717) is 34.7 Å². The Kier molecular flexibility index (Phi) is 9.63. The third-order valence-corrected chi connectivity index (χ3v) is 4.38. The van der Waals surface area contributed by atoms with Crippen molar-refractivity contribution in [3.05, 3.63) is 72.0 Å². The van der Waals surface area contributed by atoms with Crippen LogP contribution in [0.2, 0.25) is 0 Å². The Morgan fingerprint density at radius 1 is 1.09 bits per heavy atom. The van der Waals surface area contributed by atoms with Crippen LogP contribution in [0, 0.1) is 11.8 Å². The first-order chi connectivity index (χ1) is 16.8. The third kappa shape index (κ3) is 7.50. The summed E-state index contributed by atoms with van der Waals surface area (Å²) >= 11 is 0. The molecular weight excluding hydrogens is 448 g/mol. The van der Waals surface area contributed by atoms with E-state index in [2.05, 4.69) is 39.3 Å². The summed E-state index contributed by atoms with van der Waals surface area (Å²) in [6.07, 6.45) is 1.60. The van der Waals surface area contributed by atoms with Crippen molar-refractivity contribution >= 4 is 35.1 Å². The zero-order valence-corrected chi connectivity index (χ0v) is 19.6. The summed E-state index contributed by atoms with van der Waals surface area (Å²) in [4.78, 5) is 27.6. The lowest BCUT2D eigenvalue weighted by Crippen LogP contribution is -2.27. The molecule has 10 heteroatoms. The highest BCUT2D eigenvalue weighted by Crippen LogP contribution is 2.22. The summed E-state index contributed by atoms with van der Waals surface area (Å²) in [5.41, 5.74) is 16.1. The number of hydrogen-bond donors (Lipinski definition) is 4. The molecule has 10 nitrogen and oxygen atoms in total. The van der Waals surface area contributed by atoms with Gasteiger partial charge in [0.2, 0.25) is 5.91 Å². The summed E-state index contributed by atoms with van der Waals surface area (Å²) < 4.78 is 10.6. The maximum absolute atomic E-state index is 11.5. The van der Waals surface area contributed by atoms with E-state index in [1.807, 2.05) is 0 Å². The lowest BCUT2D eigenvalue weighted by atomic mass is 10.1. The van der Waals surface area contributed by atoms with Gasteiger partial charge in [0, 0.05) is 24.4 Å². The number of benzene rings is 2. The molecule has 0 heterocycles. The van der Waals surface area contributed by atoms with Gasteiger partial charge in [-0.3, -0.25) is 9.59 Å². The molecule has 0 saturated heterocycles. The largest absolute Gasteiger partial charge is 0.497 e. The number of hydrogen-bond acceptors (Lipinski definition) is 8. The van der Waals surface area contributed by atoms with Gasteiger partial charge in [0.1, 0.15) is 17.2 Å². The number of anilines is 1. The fraction of sp³-hybridized carbons (Fsp3) is 0.120. The zero-order chi connectivity index (χ0) is 25.8. The fourth-order valence-corrected chi connectivity index (χ4v) is 2.74.